The average Bonchev–Trinajstić information content (AvgIpc) is 3.15. The van der Waals surface area contributed by atoms with E-state index in [-0.39, 0.29) is 74.0 Å². The van der Waals surface area contributed by atoms with E-state index in [1.54, 1.807) is 0 Å². The molecule has 0 aromatic heterocycles. The highest BCUT2D eigenvalue weighted by atomic mass is 16.2. The van der Waals surface area contributed by atoms with Crippen LogP contribution in [0.4, 0.5) is 0 Å². The van der Waals surface area contributed by atoms with Crippen molar-refractivity contribution in [2.45, 2.75) is 38.5 Å². The summed E-state index contributed by atoms with van der Waals surface area (Å²) in [6, 6.07) is 0. The third-order valence-corrected chi connectivity index (χ3v) is 7.98. The highest BCUT2D eigenvalue weighted by Gasteiger charge is 2.15. The summed E-state index contributed by atoms with van der Waals surface area (Å²) in [5, 5.41) is 19.9. The molecule has 0 bridgehead atoms. The Labute approximate surface area is 315 Å². The number of nitrogens with one attached hydrogen (secondary N) is 7. The van der Waals surface area contributed by atoms with E-state index >= 15 is 0 Å². The lowest BCUT2D eigenvalue weighted by Gasteiger charge is -2.24. The topological polar surface area (TPSA) is 300 Å². The van der Waals surface area contributed by atoms with Gasteiger partial charge in [0, 0.05) is 169 Å². The van der Waals surface area contributed by atoms with E-state index in [9.17, 15) is 28.8 Å². The molecule has 0 saturated heterocycles. The number of nitrogens with zero attached hydrogens (tertiary/aromatic N) is 3. The highest BCUT2D eigenvalue weighted by molar-refractivity contribution is 5.78. The first-order valence-corrected chi connectivity index (χ1v) is 18.8. The fourth-order valence-electron chi connectivity index (χ4n) is 4.92. The van der Waals surface area contributed by atoms with Crippen molar-refractivity contribution in [1.29, 1.82) is 0 Å². The predicted octanol–water partition coefficient (Wildman–Crippen LogP) is -6.02. The summed E-state index contributed by atoms with van der Waals surface area (Å²) in [4.78, 5) is 79.8. The third kappa shape index (κ3) is 30.6. The number of hydrogen-bond donors (Lipinski definition) is 11. The number of amides is 6. The Balaban J connectivity index is 4.84. The van der Waals surface area contributed by atoms with Gasteiger partial charge in [-0.1, -0.05) is 0 Å². The molecule has 20 heteroatoms. The van der Waals surface area contributed by atoms with Crippen LogP contribution < -0.4 is 60.2 Å². The van der Waals surface area contributed by atoms with Crippen LogP contribution in [0.25, 0.3) is 0 Å². The van der Waals surface area contributed by atoms with Crippen LogP contribution in [0.5, 0.6) is 0 Å². The first-order chi connectivity index (χ1) is 25.6. The molecule has 0 spiro atoms. The summed E-state index contributed by atoms with van der Waals surface area (Å²) in [5.41, 5.74) is 21.8. The Morgan fingerprint density at radius 3 is 0.755 bits per heavy atom. The van der Waals surface area contributed by atoms with Crippen molar-refractivity contribution in [3.63, 3.8) is 0 Å². The monoisotopic (exact) mass is 759 g/mol. The van der Waals surface area contributed by atoms with Gasteiger partial charge in [-0.05, 0) is 7.05 Å². The summed E-state index contributed by atoms with van der Waals surface area (Å²) in [7, 11) is 1.84. The lowest BCUT2D eigenvalue weighted by molar-refractivity contribution is -0.123. The quantitative estimate of drug-likeness (QED) is 0.0287. The van der Waals surface area contributed by atoms with E-state index in [2.05, 4.69) is 37.2 Å². The van der Waals surface area contributed by atoms with Crippen LogP contribution in [-0.2, 0) is 28.8 Å². The second kappa shape index (κ2) is 34.3. The SMILES string of the molecule is CNCCN(CCC(=O)NCCN(CCC(=O)NCCN)CCC(=O)NCCN)CCC(=O)NCCN(CCC(=O)NCCN)CCC(=O)NCCN. The Kier molecular flexibility index (Phi) is 32.0. The molecular weight excluding hydrogens is 688 g/mol. The summed E-state index contributed by atoms with van der Waals surface area (Å²) >= 11 is 0. The number of likely N-dealkylation sites (N-methyl/N-ethyl adjacent to an activating group) is 1. The van der Waals surface area contributed by atoms with Gasteiger partial charge in [0.2, 0.25) is 35.4 Å². The molecule has 0 atom stereocenters. The van der Waals surface area contributed by atoms with E-state index < -0.39 is 0 Å². The summed E-state index contributed by atoms with van der Waals surface area (Å²) < 4.78 is 0. The molecule has 15 N–H and O–H groups in total. The van der Waals surface area contributed by atoms with Gasteiger partial charge in [-0.2, -0.15) is 0 Å². The van der Waals surface area contributed by atoms with Crippen molar-refractivity contribution < 1.29 is 28.8 Å². The maximum absolute atomic E-state index is 12.7. The zero-order chi connectivity index (χ0) is 39.5. The van der Waals surface area contributed by atoms with E-state index in [1.165, 1.54) is 0 Å². The molecule has 0 aromatic carbocycles. The van der Waals surface area contributed by atoms with Crippen LogP contribution in [-0.4, -0.2) is 188 Å². The van der Waals surface area contributed by atoms with Crippen molar-refractivity contribution in [3.05, 3.63) is 0 Å². The van der Waals surface area contributed by atoms with Gasteiger partial charge in [-0.15, -0.1) is 0 Å². The molecule has 308 valence electrons. The first-order valence-electron chi connectivity index (χ1n) is 18.8. The lowest BCUT2D eigenvalue weighted by atomic mass is 10.2. The van der Waals surface area contributed by atoms with E-state index in [4.69, 9.17) is 22.9 Å². The minimum atomic E-state index is -0.140. The fraction of sp³-hybridized carbons (Fsp3) is 0.818. The van der Waals surface area contributed by atoms with E-state index in [0.717, 1.165) is 0 Å². The molecule has 0 aliphatic heterocycles. The minimum absolute atomic E-state index is 0.130. The third-order valence-electron chi connectivity index (χ3n) is 7.98. The number of hydrogen-bond acceptors (Lipinski definition) is 14. The fourth-order valence-corrected chi connectivity index (χ4v) is 4.92. The zero-order valence-electron chi connectivity index (χ0n) is 32.0. The first kappa shape index (κ1) is 49.5. The number of rotatable bonds is 35. The van der Waals surface area contributed by atoms with Gasteiger partial charge in [-0.3, -0.25) is 28.8 Å². The van der Waals surface area contributed by atoms with Crippen molar-refractivity contribution in [2.75, 3.05) is 138 Å². The molecule has 0 aliphatic carbocycles. The molecule has 6 amide bonds. The number of carbonyl (C=O) groups is 6. The van der Waals surface area contributed by atoms with Crippen LogP contribution in [0.1, 0.15) is 38.5 Å². The molecule has 0 fully saturated rings. The van der Waals surface area contributed by atoms with Crippen molar-refractivity contribution in [3.8, 4) is 0 Å². The minimum Gasteiger partial charge on any atom is -0.355 e. The van der Waals surface area contributed by atoms with Gasteiger partial charge >= 0.3 is 0 Å². The Morgan fingerprint density at radius 1 is 0.340 bits per heavy atom. The Hall–Kier alpha value is -3.50. The molecule has 0 heterocycles. The van der Waals surface area contributed by atoms with Crippen LogP contribution in [0.3, 0.4) is 0 Å². The lowest BCUT2D eigenvalue weighted by Crippen LogP contribution is -2.41. The van der Waals surface area contributed by atoms with E-state index in [1.807, 2.05) is 21.7 Å². The molecule has 0 rings (SSSR count). The van der Waals surface area contributed by atoms with E-state index in [0.29, 0.717) is 131 Å². The molecule has 0 saturated carbocycles. The largest absolute Gasteiger partial charge is 0.355 e. The van der Waals surface area contributed by atoms with Gasteiger partial charge in [0.1, 0.15) is 0 Å². The zero-order valence-corrected chi connectivity index (χ0v) is 32.0. The maximum Gasteiger partial charge on any atom is 0.221 e. The standard InChI is InChI=1S/C33H70N14O6/c1-38-16-25-45(19-6-32(52)43-17-26-46(21-2-28(48)39-12-8-34)22-3-29(49)40-13-9-35)20-7-33(53)44-18-27-47(23-4-30(50)41-14-10-36)24-5-31(51)42-15-11-37/h38H,2-27,34-37H2,1H3,(H,39,48)(H,40,49)(H,41,50)(H,42,51)(H,43,52)(H,44,53). The summed E-state index contributed by atoms with van der Waals surface area (Å²) in [6.07, 6.45) is 1.45. The molecule has 0 aromatic rings. The van der Waals surface area contributed by atoms with Gasteiger partial charge in [-0.25, -0.2) is 0 Å². The molecular formula is C33H70N14O6. The van der Waals surface area contributed by atoms with Gasteiger partial charge in [0.15, 0.2) is 0 Å². The van der Waals surface area contributed by atoms with Crippen LogP contribution in [0.2, 0.25) is 0 Å². The maximum atomic E-state index is 12.7. The van der Waals surface area contributed by atoms with Crippen LogP contribution in [0.15, 0.2) is 0 Å². The summed E-state index contributed by atoms with van der Waals surface area (Å²) in [6.45, 7) is 8.52. The van der Waals surface area contributed by atoms with Crippen molar-refractivity contribution in [2.24, 2.45) is 22.9 Å². The second-order valence-corrected chi connectivity index (χ2v) is 12.4. The van der Waals surface area contributed by atoms with Crippen LogP contribution in [0, 0.1) is 0 Å². The molecule has 0 aliphatic rings. The smallest absolute Gasteiger partial charge is 0.221 e. The van der Waals surface area contributed by atoms with Gasteiger partial charge in [0.05, 0.1) is 0 Å². The summed E-state index contributed by atoms with van der Waals surface area (Å²) in [5.74, 6) is -0.800. The van der Waals surface area contributed by atoms with Gasteiger partial charge < -0.3 is 74.9 Å². The van der Waals surface area contributed by atoms with Crippen molar-refractivity contribution in [1.82, 2.24) is 51.9 Å². The molecule has 0 radical (unpaired) electrons. The average molecular weight is 759 g/mol. The van der Waals surface area contributed by atoms with Gasteiger partial charge in [0.25, 0.3) is 0 Å². The predicted molar refractivity (Wildman–Crippen MR) is 205 cm³/mol. The molecule has 20 nitrogen and oxygen atoms in total. The van der Waals surface area contributed by atoms with Crippen LogP contribution >= 0.6 is 0 Å². The molecule has 53 heavy (non-hydrogen) atoms. The normalized spacial score (nSPS) is 11.1. The molecule has 0 unspecified atom stereocenters. The highest BCUT2D eigenvalue weighted by Crippen LogP contribution is 1.99. The Morgan fingerprint density at radius 2 is 0.547 bits per heavy atom. The van der Waals surface area contributed by atoms with Crippen molar-refractivity contribution >= 4 is 35.4 Å². The number of nitrogens with two attached hydrogens (primary N) is 4. The second-order valence-electron chi connectivity index (χ2n) is 12.4. The number of carbonyl (C=O) groups excluding carboxylic acids is 6. The Bertz CT molecular complexity index is 903.